The van der Waals surface area contributed by atoms with Gasteiger partial charge in [-0.05, 0) is 0 Å². The van der Waals surface area contributed by atoms with Crippen molar-refractivity contribution in [2.24, 2.45) is 0 Å². The second-order valence-corrected chi connectivity index (χ2v) is 3.45. The molecule has 0 amide bonds. The summed E-state index contributed by atoms with van der Waals surface area (Å²) in [4.78, 5) is 0. The van der Waals surface area contributed by atoms with Crippen LogP contribution in [0.3, 0.4) is 0 Å². The Balaban J connectivity index is 4.07. The molecule has 1 rings (SSSR count). The lowest BCUT2D eigenvalue weighted by Gasteiger charge is -2.18. The Morgan fingerprint density at radius 1 is 0.800 bits per heavy atom. The van der Waals surface area contributed by atoms with E-state index in [0.29, 0.717) is 0 Å². The van der Waals surface area contributed by atoms with E-state index in [1.54, 1.807) is 0 Å². The van der Waals surface area contributed by atoms with E-state index in [0.717, 1.165) is 12.1 Å². The van der Waals surface area contributed by atoms with Crippen LogP contribution in [-0.4, -0.2) is 0 Å². The first kappa shape index (κ1) is 15.6. The lowest BCUT2D eigenvalue weighted by Crippen LogP contribution is -2.21. The summed E-state index contributed by atoms with van der Waals surface area (Å²) in [6, 6.07) is 1.67. The van der Waals surface area contributed by atoms with Crippen LogP contribution in [0.15, 0.2) is 0 Å². The van der Waals surface area contributed by atoms with E-state index in [-0.39, 0.29) is 0 Å². The van der Waals surface area contributed by atoms with Crippen LogP contribution in [0.5, 0.6) is 0 Å². The summed E-state index contributed by atoms with van der Waals surface area (Å²) >= 11 is 0. The monoisotopic (exact) mass is 297 g/mol. The number of nitriles is 2. The third kappa shape index (κ3) is 2.32. The smallest absolute Gasteiger partial charge is 0.398 e. The summed E-state index contributed by atoms with van der Waals surface area (Å²) in [7, 11) is 0. The molecular weight excluding hydrogens is 295 g/mol. The molecule has 0 aliphatic carbocycles. The number of benzene rings is 1. The number of hydrogen-bond donors (Lipinski definition) is 1. The van der Waals surface area contributed by atoms with Crippen LogP contribution in [0.4, 0.5) is 36.4 Å². The topological polar surface area (TPSA) is 73.6 Å². The predicted octanol–water partition coefficient (Wildman–Crippen LogP) is 3.19. The number of hydrogen-bond acceptors (Lipinski definition) is 3. The molecule has 0 heterocycles. The second-order valence-electron chi connectivity index (χ2n) is 3.45. The maximum atomic E-state index is 13.5. The van der Waals surface area contributed by atoms with Crippen molar-refractivity contribution in [3.8, 4) is 12.1 Å². The van der Waals surface area contributed by atoms with Crippen LogP contribution in [-0.2, 0) is 12.4 Å². The Hall–Kier alpha value is -2.49. The Labute approximate surface area is 106 Å². The molecule has 0 aliphatic rings. The van der Waals surface area contributed by atoms with Crippen molar-refractivity contribution in [2.45, 2.75) is 12.4 Å². The van der Waals surface area contributed by atoms with Gasteiger partial charge in [0.25, 0.3) is 0 Å². The second kappa shape index (κ2) is 4.56. The highest BCUT2D eigenvalue weighted by atomic mass is 19.4. The minimum absolute atomic E-state index is 0.814. The van der Waals surface area contributed by atoms with Gasteiger partial charge in [-0.15, -0.1) is 0 Å². The van der Waals surface area contributed by atoms with Gasteiger partial charge in [0.15, 0.2) is 5.82 Å². The largest absolute Gasteiger partial charge is 0.421 e. The zero-order chi connectivity index (χ0) is 15.9. The summed E-state index contributed by atoms with van der Waals surface area (Å²) in [6.45, 7) is 0. The average molecular weight is 297 g/mol. The third-order valence-electron chi connectivity index (χ3n) is 2.27. The molecule has 1 aromatic carbocycles. The van der Waals surface area contributed by atoms with Crippen LogP contribution >= 0.6 is 0 Å². The van der Waals surface area contributed by atoms with Gasteiger partial charge < -0.3 is 5.73 Å². The molecule has 0 saturated heterocycles. The van der Waals surface area contributed by atoms with Gasteiger partial charge in [-0.3, -0.25) is 0 Å². The SMILES string of the molecule is N#Cc1c(F)c(C(F)(F)F)c(N)c(C(F)(F)F)c1C#N. The van der Waals surface area contributed by atoms with Crippen LogP contribution in [0.1, 0.15) is 22.3 Å². The van der Waals surface area contributed by atoms with E-state index in [9.17, 15) is 30.7 Å². The minimum Gasteiger partial charge on any atom is -0.398 e. The number of nitrogens with two attached hydrogens (primary N) is 1. The first-order valence-electron chi connectivity index (χ1n) is 4.56. The van der Waals surface area contributed by atoms with Crippen molar-refractivity contribution in [2.75, 3.05) is 5.73 Å². The average Bonchev–Trinajstić information content (AvgIpc) is 2.24. The van der Waals surface area contributed by atoms with Crippen molar-refractivity contribution in [3.63, 3.8) is 0 Å². The Morgan fingerprint density at radius 2 is 1.20 bits per heavy atom. The molecule has 0 fully saturated rings. The van der Waals surface area contributed by atoms with E-state index in [1.807, 2.05) is 0 Å². The molecule has 10 heteroatoms. The van der Waals surface area contributed by atoms with Gasteiger partial charge in [-0.1, -0.05) is 0 Å². The van der Waals surface area contributed by atoms with Crippen molar-refractivity contribution < 1.29 is 30.7 Å². The van der Waals surface area contributed by atoms with Crippen molar-refractivity contribution in [3.05, 3.63) is 28.1 Å². The van der Waals surface area contributed by atoms with Gasteiger partial charge in [0.2, 0.25) is 0 Å². The molecule has 0 bridgehead atoms. The minimum atomic E-state index is -5.55. The zero-order valence-electron chi connectivity index (χ0n) is 9.12. The van der Waals surface area contributed by atoms with Crippen LogP contribution in [0, 0.1) is 28.5 Å². The molecule has 20 heavy (non-hydrogen) atoms. The molecule has 0 atom stereocenters. The highest BCUT2D eigenvalue weighted by Crippen LogP contribution is 2.45. The van der Waals surface area contributed by atoms with Gasteiger partial charge in [0.1, 0.15) is 23.3 Å². The highest BCUT2D eigenvalue weighted by molar-refractivity contribution is 5.68. The molecule has 106 valence electrons. The zero-order valence-corrected chi connectivity index (χ0v) is 9.12. The number of nitrogen functional groups attached to an aromatic ring is 1. The summed E-state index contributed by atoms with van der Waals surface area (Å²) in [6.07, 6.45) is -11.0. The molecule has 0 aromatic heterocycles. The standard InChI is InChI=1S/C10H2F7N3/c11-7-4(2-19)3(1-18)5(9(12,13)14)8(20)6(7)10(15,16)17/h20H2. The molecular formula is C10H2F7N3. The van der Waals surface area contributed by atoms with E-state index in [1.165, 1.54) is 0 Å². The lowest BCUT2D eigenvalue weighted by atomic mass is 9.95. The number of rotatable bonds is 0. The molecule has 1 aromatic rings. The fourth-order valence-electron chi connectivity index (χ4n) is 1.53. The fraction of sp³-hybridized carbons (Fsp3) is 0.200. The van der Waals surface area contributed by atoms with E-state index < -0.39 is 46.1 Å². The van der Waals surface area contributed by atoms with Gasteiger partial charge >= 0.3 is 12.4 Å². The first-order chi connectivity index (χ1) is 8.96. The highest BCUT2D eigenvalue weighted by Gasteiger charge is 2.46. The number of nitrogens with zero attached hydrogens (tertiary/aromatic N) is 2. The van der Waals surface area contributed by atoms with Crippen LogP contribution in [0.25, 0.3) is 0 Å². The Kier molecular flexibility index (Phi) is 3.55. The first-order valence-corrected chi connectivity index (χ1v) is 4.56. The molecule has 0 radical (unpaired) electrons. The molecule has 0 spiro atoms. The summed E-state index contributed by atoms with van der Waals surface area (Å²) in [5, 5.41) is 17.0. The van der Waals surface area contributed by atoms with E-state index in [4.69, 9.17) is 16.3 Å². The maximum Gasteiger partial charge on any atom is 0.421 e. The normalized spacial score (nSPS) is 11.8. The van der Waals surface area contributed by atoms with Gasteiger partial charge in [0.05, 0.1) is 16.8 Å². The Bertz CT molecular complexity index is 644. The Morgan fingerprint density at radius 3 is 1.50 bits per heavy atom. The van der Waals surface area contributed by atoms with Gasteiger partial charge in [-0.25, -0.2) is 4.39 Å². The number of anilines is 1. The van der Waals surface area contributed by atoms with Crippen LogP contribution < -0.4 is 5.73 Å². The predicted molar refractivity (Wildman–Crippen MR) is 50.2 cm³/mol. The lowest BCUT2D eigenvalue weighted by molar-refractivity contribution is -0.143. The summed E-state index contributed by atoms with van der Waals surface area (Å²) in [5.41, 5.74) is -5.08. The van der Waals surface area contributed by atoms with Gasteiger partial charge in [0, 0.05) is 0 Å². The summed E-state index contributed by atoms with van der Waals surface area (Å²) < 4.78 is 89.2. The van der Waals surface area contributed by atoms with E-state index >= 15 is 0 Å². The van der Waals surface area contributed by atoms with Crippen LogP contribution in [0.2, 0.25) is 0 Å². The fourth-order valence-corrected chi connectivity index (χ4v) is 1.53. The third-order valence-corrected chi connectivity index (χ3v) is 2.27. The number of alkyl halides is 6. The molecule has 3 nitrogen and oxygen atoms in total. The van der Waals surface area contributed by atoms with E-state index in [2.05, 4.69) is 0 Å². The van der Waals surface area contributed by atoms with Crippen molar-refractivity contribution in [1.29, 1.82) is 10.5 Å². The molecule has 0 aliphatic heterocycles. The quantitative estimate of drug-likeness (QED) is 0.590. The molecule has 0 unspecified atom stereocenters. The maximum absolute atomic E-state index is 13.5. The summed E-state index contributed by atoms with van der Waals surface area (Å²) in [5.74, 6) is -2.30. The van der Waals surface area contributed by atoms with Crippen molar-refractivity contribution >= 4 is 5.69 Å². The number of halogens is 7. The molecule has 2 N–H and O–H groups in total. The molecule has 0 saturated carbocycles. The van der Waals surface area contributed by atoms with Crippen molar-refractivity contribution in [1.82, 2.24) is 0 Å². The van der Waals surface area contributed by atoms with Gasteiger partial charge in [-0.2, -0.15) is 36.9 Å².